The molecule has 18 heavy (non-hydrogen) atoms. The predicted octanol–water partition coefficient (Wildman–Crippen LogP) is 2.77. The Balaban J connectivity index is 1.73. The second kappa shape index (κ2) is 5.20. The topological polar surface area (TPSA) is 15.3 Å². The molecule has 2 fully saturated rings. The van der Waals surface area contributed by atoms with Crippen molar-refractivity contribution in [3.8, 4) is 0 Å². The molecular formula is C15H21ClN2. The van der Waals surface area contributed by atoms with E-state index in [-0.39, 0.29) is 0 Å². The summed E-state index contributed by atoms with van der Waals surface area (Å²) < 4.78 is 0. The highest BCUT2D eigenvalue weighted by molar-refractivity contribution is 6.30. The molecule has 2 aliphatic rings. The van der Waals surface area contributed by atoms with E-state index in [1.165, 1.54) is 31.6 Å². The Bertz CT molecular complexity index is 421. The van der Waals surface area contributed by atoms with Gasteiger partial charge >= 0.3 is 0 Å². The first-order chi connectivity index (χ1) is 8.78. The SMILES string of the molecule is CCC1C2CNCC2CN1Cc1cccc(Cl)c1. The lowest BCUT2D eigenvalue weighted by Crippen LogP contribution is -2.34. The molecule has 3 unspecified atom stereocenters. The first kappa shape index (κ1) is 12.5. The van der Waals surface area contributed by atoms with Crippen LogP contribution in [0, 0.1) is 11.8 Å². The molecule has 0 aromatic heterocycles. The number of benzene rings is 1. The van der Waals surface area contributed by atoms with Crippen LogP contribution in [0.5, 0.6) is 0 Å². The molecule has 98 valence electrons. The molecule has 2 saturated heterocycles. The Morgan fingerprint density at radius 1 is 1.39 bits per heavy atom. The molecule has 2 nitrogen and oxygen atoms in total. The predicted molar refractivity (Wildman–Crippen MR) is 75.8 cm³/mol. The van der Waals surface area contributed by atoms with E-state index in [0.29, 0.717) is 0 Å². The minimum Gasteiger partial charge on any atom is -0.316 e. The van der Waals surface area contributed by atoms with Crippen LogP contribution in [-0.2, 0) is 6.54 Å². The number of hydrogen-bond acceptors (Lipinski definition) is 2. The summed E-state index contributed by atoms with van der Waals surface area (Å²) in [5, 5.41) is 4.38. The average Bonchev–Trinajstić information content (AvgIpc) is 2.89. The first-order valence-corrected chi connectivity index (χ1v) is 7.35. The molecule has 3 rings (SSSR count). The largest absolute Gasteiger partial charge is 0.316 e. The van der Waals surface area contributed by atoms with Crippen LogP contribution < -0.4 is 5.32 Å². The van der Waals surface area contributed by atoms with Gasteiger partial charge in [0.05, 0.1) is 0 Å². The van der Waals surface area contributed by atoms with Crippen molar-refractivity contribution >= 4 is 11.6 Å². The highest BCUT2D eigenvalue weighted by Gasteiger charge is 2.42. The number of nitrogens with one attached hydrogen (secondary N) is 1. The van der Waals surface area contributed by atoms with E-state index in [4.69, 9.17) is 11.6 Å². The van der Waals surface area contributed by atoms with Crippen LogP contribution in [0.3, 0.4) is 0 Å². The first-order valence-electron chi connectivity index (χ1n) is 6.97. The van der Waals surface area contributed by atoms with E-state index in [2.05, 4.69) is 35.3 Å². The molecule has 3 atom stereocenters. The highest BCUT2D eigenvalue weighted by Crippen LogP contribution is 2.35. The summed E-state index contributed by atoms with van der Waals surface area (Å²) in [4.78, 5) is 2.65. The number of hydrogen-bond donors (Lipinski definition) is 1. The van der Waals surface area contributed by atoms with Gasteiger partial charge in [0.2, 0.25) is 0 Å². The quantitative estimate of drug-likeness (QED) is 0.903. The van der Waals surface area contributed by atoms with Gasteiger partial charge < -0.3 is 5.32 Å². The zero-order valence-electron chi connectivity index (χ0n) is 10.9. The zero-order chi connectivity index (χ0) is 12.5. The fourth-order valence-electron chi connectivity index (χ4n) is 3.72. The standard InChI is InChI=1S/C15H21ClN2/c1-2-15-14-8-17-7-12(14)10-18(15)9-11-4-3-5-13(16)6-11/h3-6,12,14-15,17H,2,7-10H2,1H3. The van der Waals surface area contributed by atoms with Crippen molar-refractivity contribution in [1.82, 2.24) is 10.2 Å². The molecule has 0 spiro atoms. The lowest BCUT2D eigenvalue weighted by atomic mass is 9.93. The molecule has 0 bridgehead atoms. The van der Waals surface area contributed by atoms with Crippen molar-refractivity contribution in [2.24, 2.45) is 11.8 Å². The summed E-state index contributed by atoms with van der Waals surface area (Å²) in [5.74, 6) is 1.71. The molecule has 2 heterocycles. The summed E-state index contributed by atoms with van der Waals surface area (Å²) in [5.41, 5.74) is 1.34. The molecule has 1 aromatic carbocycles. The second-order valence-corrected chi connectivity index (χ2v) is 6.05. The second-order valence-electron chi connectivity index (χ2n) is 5.62. The lowest BCUT2D eigenvalue weighted by molar-refractivity contribution is 0.210. The minimum atomic E-state index is 0.740. The fraction of sp³-hybridized carbons (Fsp3) is 0.600. The van der Waals surface area contributed by atoms with E-state index < -0.39 is 0 Å². The van der Waals surface area contributed by atoms with Crippen LogP contribution in [0.15, 0.2) is 24.3 Å². The summed E-state index contributed by atoms with van der Waals surface area (Å²) in [6.07, 6.45) is 1.25. The normalized spacial score (nSPS) is 31.8. The van der Waals surface area contributed by atoms with Crippen LogP contribution in [-0.4, -0.2) is 30.6 Å². The van der Waals surface area contributed by atoms with Crippen molar-refractivity contribution in [1.29, 1.82) is 0 Å². The van der Waals surface area contributed by atoms with Gasteiger partial charge in [-0.1, -0.05) is 30.7 Å². The number of halogens is 1. The van der Waals surface area contributed by atoms with Gasteiger partial charge in [0.15, 0.2) is 0 Å². The maximum absolute atomic E-state index is 6.07. The van der Waals surface area contributed by atoms with Gasteiger partial charge in [-0.25, -0.2) is 0 Å². The third-order valence-corrected chi connectivity index (χ3v) is 4.75. The van der Waals surface area contributed by atoms with E-state index in [1.54, 1.807) is 0 Å². The van der Waals surface area contributed by atoms with Gasteiger partial charge in [-0.3, -0.25) is 4.90 Å². The minimum absolute atomic E-state index is 0.740. The molecule has 0 saturated carbocycles. The summed E-state index contributed by atoms with van der Waals surface area (Å²) >= 11 is 6.07. The average molecular weight is 265 g/mol. The van der Waals surface area contributed by atoms with E-state index in [0.717, 1.165) is 29.4 Å². The molecule has 0 aliphatic carbocycles. The van der Waals surface area contributed by atoms with Gasteiger partial charge in [0.1, 0.15) is 0 Å². The number of rotatable bonds is 3. The van der Waals surface area contributed by atoms with Crippen LogP contribution in [0.1, 0.15) is 18.9 Å². The maximum Gasteiger partial charge on any atom is 0.0409 e. The molecule has 0 amide bonds. The van der Waals surface area contributed by atoms with Gasteiger partial charge in [0, 0.05) is 24.2 Å². The molecule has 1 aromatic rings. The molecule has 1 N–H and O–H groups in total. The fourth-order valence-corrected chi connectivity index (χ4v) is 3.94. The lowest BCUT2D eigenvalue weighted by Gasteiger charge is -2.26. The van der Waals surface area contributed by atoms with E-state index in [1.807, 2.05) is 6.07 Å². The Hall–Kier alpha value is -0.570. The van der Waals surface area contributed by atoms with Gasteiger partial charge in [0.25, 0.3) is 0 Å². The number of fused-ring (bicyclic) bond motifs is 1. The molecule has 0 radical (unpaired) electrons. The third kappa shape index (κ3) is 2.29. The summed E-state index contributed by atoms with van der Waals surface area (Å²) in [7, 11) is 0. The van der Waals surface area contributed by atoms with Gasteiger partial charge in [-0.2, -0.15) is 0 Å². The molecule has 3 heteroatoms. The van der Waals surface area contributed by atoms with Crippen LogP contribution in [0.25, 0.3) is 0 Å². The summed E-state index contributed by atoms with van der Waals surface area (Å²) in [6.45, 7) is 7.01. The van der Waals surface area contributed by atoms with Crippen LogP contribution in [0.2, 0.25) is 5.02 Å². The van der Waals surface area contributed by atoms with Crippen molar-refractivity contribution in [2.45, 2.75) is 25.9 Å². The van der Waals surface area contributed by atoms with E-state index in [9.17, 15) is 0 Å². The third-order valence-electron chi connectivity index (χ3n) is 4.52. The molecular weight excluding hydrogens is 244 g/mol. The van der Waals surface area contributed by atoms with Crippen molar-refractivity contribution in [3.63, 3.8) is 0 Å². The Labute approximate surface area is 114 Å². The van der Waals surface area contributed by atoms with Gasteiger partial charge in [-0.15, -0.1) is 0 Å². The zero-order valence-corrected chi connectivity index (χ0v) is 11.7. The van der Waals surface area contributed by atoms with Crippen molar-refractivity contribution in [3.05, 3.63) is 34.9 Å². The highest BCUT2D eigenvalue weighted by atomic mass is 35.5. The van der Waals surface area contributed by atoms with E-state index >= 15 is 0 Å². The monoisotopic (exact) mass is 264 g/mol. The Morgan fingerprint density at radius 3 is 3.06 bits per heavy atom. The number of likely N-dealkylation sites (tertiary alicyclic amines) is 1. The van der Waals surface area contributed by atoms with Crippen molar-refractivity contribution < 1.29 is 0 Å². The molecule has 2 aliphatic heterocycles. The smallest absolute Gasteiger partial charge is 0.0409 e. The Kier molecular flexibility index (Phi) is 3.60. The van der Waals surface area contributed by atoms with Gasteiger partial charge in [-0.05, 0) is 49.0 Å². The van der Waals surface area contributed by atoms with Crippen molar-refractivity contribution in [2.75, 3.05) is 19.6 Å². The Morgan fingerprint density at radius 2 is 2.28 bits per heavy atom. The number of nitrogens with zero attached hydrogens (tertiary/aromatic N) is 1. The van der Waals surface area contributed by atoms with Crippen LogP contribution >= 0.6 is 11.6 Å². The maximum atomic E-state index is 6.07. The summed E-state index contributed by atoms with van der Waals surface area (Å²) in [6, 6.07) is 9.03. The van der Waals surface area contributed by atoms with Crippen LogP contribution in [0.4, 0.5) is 0 Å².